The van der Waals surface area contributed by atoms with Crippen LogP contribution in [0.1, 0.15) is 41.6 Å². The summed E-state index contributed by atoms with van der Waals surface area (Å²) in [5, 5.41) is 0. The summed E-state index contributed by atoms with van der Waals surface area (Å²) in [4.78, 5) is 24.0. The topological polar surface area (TPSA) is 72.4 Å². The van der Waals surface area contributed by atoms with Gasteiger partial charge in [0.2, 0.25) is 0 Å². The molecule has 2 amide bonds. The molecule has 6 nitrogen and oxygen atoms in total. The lowest BCUT2D eigenvalue weighted by Gasteiger charge is -2.14. The molecule has 0 bridgehead atoms. The van der Waals surface area contributed by atoms with E-state index in [4.69, 9.17) is 4.74 Å². The van der Waals surface area contributed by atoms with Gasteiger partial charge in [-0.1, -0.05) is 0 Å². The highest BCUT2D eigenvalue weighted by Crippen LogP contribution is 2.19. The predicted molar refractivity (Wildman–Crippen MR) is 91.8 cm³/mol. The summed E-state index contributed by atoms with van der Waals surface area (Å²) in [5.41, 5.74) is 6.99. The van der Waals surface area contributed by atoms with Crippen LogP contribution in [0.2, 0.25) is 0 Å². The van der Waals surface area contributed by atoms with Gasteiger partial charge in [-0.3, -0.25) is 20.4 Å². The minimum atomic E-state index is -0.518. The zero-order valence-corrected chi connectivity index (χ0v) is 14.7. The van der Waals surface area contributed by atoms with Crippen LogP contribution >= 0.6 is 0 Å². The van der Waals surface area contributed by atoms with Crippen LogP contribution in [0.4, 0.5) is 4.39 Å². The monoisotopic (exact) mass is 347 g/mol. The Morgan fingerprint density at radius 1 is 1.16 bits per heavy atom. The van der Waals surface area contributed by atoms with E-state index in [2.05, 4.69) is 10.9 Å². The lowest BCUT2D eigenvalue weighted by Crippen LogP contribution is -2.44. The molecule has 0 unspecified atom stereocenters. The molecule has 2 aromatic rings. The van der Waals surface area contributed by atoms with Crippen LogP contribution in [0, 0.1) is 19.7 Å². The molecular formula is C18H22FN3O3. The molecule has 0 atom stereocenters. The van der Waals surface area contributed by atoms with E-state index in [-0.39, 0.29) is 18.5 Å². The lowest BCUT2D eigenvalue weighted by atomic mass is 10.2. The molecule has 1 aromatic carbocycles. The van der Waals surface area contributed by atoms with Crippen molar-refractivity contribution in [1.29, 1.82) is 0 Å². The highest BCUT2D eigenvalue weighted by atomic mass is 19.1. The van der Waals surface area contributed by atoms with E-state index in [0.29, 0.717) is 11.3 Å². The smallest absolute Gasteiger partial charge is 0.276 e. The second-order valence-electron chi connectivity index (χ2n) is 5.99. The van der Waals surface area contributed by atoms with E-state index in [1.54, 1.807) is 6.07 Å². The first-order valence-electron chi connectivity index (χ1n) is 7.95. The Morgan fingerprint density at radius 2 is 1.80 bits per heavy atom. The Hall–Kier alpha value is -2.83. The van der Waals surface area contributed by atoms with Crippen molar-refractivity contribution >= 4 is 11.8 Å². The van der Waals surface area contributed by atoms with Crippen molar-refractivity contribution in [2.45, 2.75) is 33.7 Å². The second-order valence-corrected chi connectivity index (χ2v) is 5.99. The number of aromatic nitrogens is 1. The Labute approximate surface area is 145 Å². The predicted octanol–water partition coefficient (Wildman–Crippen LogP) is 2.66. The van der Waals surface area contributed by atoms with Crippen LogP contribution in [0.15, 0.2) is 30.3 Å². The molecule has 0 spiro atoms. The molecule has 0 aliphatic carbocycles. The molecule has 7 heteroatoms. The molecular weight excluding hydrogens is 325 g/mol. The van der Waals surface area contributed by atoms with Crippen molar-refractivity contribution in [1.82, 2.24) is 15.4 Å². The van der Waals surface area contributed by atoms with Crippen LogP contribution < -0.4 is 15.6 Å². The lowest BCUT2D eigenvalue weighted by molar-refractivity contribution is -0.123. The van der Waals surface area contributed by atoms with Gasteiger partial charge < -0.3 is 9.30 Å². The molecule has 1 aromatic heterocycles. The quantitative estimate of drug-likeness (QED) is 0.817. The van der Waals surface area contributed by atoms with Gasteiger partial charge in [0, 0.05) is 17.4 Å². The third-order valence-electron chi connectivity index (χ3n) is 3.74. The molecule has 134 valence electrons. The van der Waals surface area contributed by atoms with Crippen molar-refractivity contribution in [3.63, 3.8) is 0 Å². The number of ether oxygens (including phenoxy) is 1. The molecule has 0 fully saturated rings. The number of rotatable bonds is 5. The number of amides is 2. The Morgan fingerprint density at radius 3 is 2.36 bits per heavy atom. The second kappa shape index (κ2) is 7.83. The number of nitrogens with one attached hydrogen (secondary N) is 2. The largest absolute Gasteiger partial charge is 0.484 e. The molecule has 1 heterocycles. The normalized spacial score (nSPS) is 10.6. The summed E-state index contributed by atoms with van der Waals surface area (Å²) in [7, 11) is 0. The highest BCUT2D eigenvalue weighted by Gasteiger charge is 2.17. The molecule has 25 heavy (non-hydrogen) atoms. The fraction of sp³-hybridized carbons (Fsp3) is 0.333. The number of benzene rings is 1. The Kier molecular flexibility index (Phi) is 5.80. The maximum atomic E-state index is 12.8. The third kappa shape index (κ3) is 4.59. The molecule has 2 N–H and O–H groups in total. The number of hydrogen-bond acceptors (Lipinski definition) is 3. The molecule has 0 radical (unpaired) electrons. The van der Waals surface area contributed by atoms with Gasteiger partial charge in [0.05, 0.1) is 5.56 Å². The van der Waals surface area contributed by atoms with Gasteiger partial charge in [-0.15, -0.1) is 0 Å². The van der Waals surface area contributed by atoms with Crippen LogP contribution in [0.5, 0.6) is 5.75 Å². The number of carbonyl (C=O) groups is 2. The summed E-state index contributed by atoms with van der Waals surface area (Å²) >= 11 is 0. The van der Waals surface area contributed by atoms with Gasteiger partial charge in [-0.2, -0.15) is 0 Å². The van der Waals surface area contributed by atoms with Gasteiger partial charge in [-0.25, -0.2) is 4.39 Å². The van der Waals surface area contributed by atoms with Gasteiger partial charge in [0.25, 0.3) is 11.8 Å². The number of hydrazine groups is 1. The molecule has 0 saturated heterocycles. The molecule has 2 rings (SSSR count). The van der Waals surface area contributed by atoms with Crippen molar-refractivity contribution in [3.8, 4) is 5.75 Å². The summed E-state index contributed by atoms with van der Waals surface area (Å²) in [6.45, 7) is 7.57. The van der Waals surface area contributed by atoms with Crippen LogP contribution in [0.25, 0.3) is 0 Å². The minimum Gasteiger partial charge on any atom is -0.484 e. The van der Waals surface area contributed by atoms with E-state index in [1.807, 2.05) is 32.3 Å². The zero-order valence-electron chi connectivity index (χ0n) is 14.7. The van der Waals surface area contributed by atoms with Crippen molar-refractivity contribution in [2.24, 2.45) is 0 Å². The summed E-state index contributed by atoms with van der Waals surface area (Å²) < 4.78 is 20.0. The fourth-order valence-electron chi connectivity index (χ4n) is 2.71. The van der Waals surface area contributed by atoms with Crippen LogP contribution in [-0.2, 0) is 4.79 Å². The van der Waals surface area contributed by atoms with Gasteiger partial charge in [0.15, 0.2) is 6.61 Å². The van der Waals surface area contributed by atoms with Gasteiger partial charge >= 0.3 is 0 Å². The van der Waals surface area contributed by atoms with Crippen LogP contribution in [0.3, 0.4) is 0 Å². The number of carbonyl (C=O) groups excluding carboxylic acids is 2. The fourth-order valence-corrected chi connectivity index (χ4v) is 2.71. The first-order chi connectivity index (χ1) is 11.8. The van der Waals surface area contributed by atoms with Crippen molar-refractivity contribution in [2.75, 3.05) is 6.61 Å². The minimum absolute atomic E-state index is 0.236. The molecule has 0 saturated carbocycles. The van der Waals surface area contributed by atoms with E-state index in [1.165, 1.54) is 24.3 Å². The van der Waals surface area contributed by atoms with E-state index in [0.717, 1.165) is 11.4 Å². The van der Waals surface area contributed by atoms with E-state index in [9.17, 15) is 14.0 Å². The third-order valence-corrected chi connectivity index (χ3v) is 3.74. The number of hydrogen-bond donors (Lipinski definition) is 2. The first kappa shape index (κ1) is 18.5. The average molecular weight is 347 g/mol. The van der Waals surface area contributed by atoms with Gasteiger partial charge in [-0.05, 0) is 58.0 Å². The maximum Gasteiger partial charge on any atom is 0.276 e. The SMILES string of the molecule is Cc1cc(C(=O)NNC(=O)COc2ccc(F)cc2)c(C)n1C(C)C. The van der Waals surface area contributed by atoms with Crippen LogP contribution in [-0.4, -0.2) is 23.0 Å². The average Bonchev–Trinajstić information content (AvgIpc) is 2.86. The van der Waals surface area contributed by atoms with E-state index < -0.39 is 11.8 Å². The van der Waals surface area contributed by atoms with E-state index >= 15 is 0 Å². The molecule has 0 aliphatic rings. The summed E-state index contributed by atoms with van der Waals surface area (Å²) in [6, 6.07) is 7.33. The number of nitrogens with zero attached hydrogens (tertiary/aromatic N) is 1. The molecule has 0 aliphatic heterocycles. The Balaban J connectivity index is 1.88. The number of halogens is 1. The number of aryl methyl sites for hydroxylation is 1. The summed E-state index contributed by atoms with van der Waals surface area (Å²) in [6.07, 6.45) is 0. The van der Waals surface area contributed by atoms with Crippen molar-refractivity contribution in [3.05, 3.63) is 53.1 Å². The maximum absolute atomic E-state index is 12.8. The Bertz CT molecular complexity index is 767. The summed E-state index contributed by atoms with van der Waals surface area (Å²) in [5.74, 6) is -0.933. The highest BCUT2D eigenvalue weighted by molar-refractivity contribution is 5.96. The van der Waals surface area contributed by atoms with Gasteiger partial charge in [0.1, 0.15) is 11.6 Å². The van der Waals surface area contributed by atoms with Crippen molar-refractivity contribution < 1.29 is 18.7 Å². The standard InChI is InChI=1S/C18H22FN3O3/c1-11(2)22-12(3)9-16(13(22)4)18(24)21-20-17(23)10-25-15-7-5-14(19)6-8-15/h5-9,11H,10H2,1-4H3,(H,20,23)(H,21,24). The first-order valence-corrected chi connectivity index (χ1v) is 7.95. The zero-order chi connectivity index (χ0) is 18.6.